The Morgan fingerprint density at radius 2 is 0.712 bits per heavy atom. The lowest BCUT2D eigenvalue weighted by molar-refractivity contribution is 0.103. The zero-order valence-electron chi connectivity index (χ0n) is 32.0. The average molecular weight is 1030 g/mol. The Bertz CT molecular complexity index is 3500. The fourth-order valence-electron chi connectivity index (χ4n) is 6.34. The van der Waals surface area contributed by atoms with Crippen molar-refractivity contribution < 1.29 is 87.4 Å². The van der Waals surface area contributed by atoms with E-state index in [1.165, 1.54) is 0 Å². The van der Waals surface area contributed by atoms with E-state index in [2.05, 4.69) is 21.1 Å². The average Bonchev–Trinajstić information content (AvgIpc) is 3.17. The lowest BCUT2D eigenvalue weighted by Crippen LogP contribution is -2.22. The summed E-state index contributed by atoms with van der Waals surface area (Å²) in [5.74, 6) is -2.13. The van der Waals surface area contributed by atoms with Gasteiger partial charge in [0.15, 0.2) is 11.6 Å². The first-order valence-corrected chi connectivity index (χ1v) is 25.7. The van der Waals surface area contributed by atoms with Gasteiger partial charge in [0.25, 0.3) is 60.7 Å². The smallest absolute Gasteiger partial charge is 0.296 e. The highest BCUT2D eigenvalue weighted by Crippen LogP contribution is 2.37. The number of fused-ring (bicyclic) bond motifs is 2. The molecule has 0 amide bonds. The molecule has 6 rings (SSSR count). The van der Waals surface area contributed by atoms with Crippen LogP contribution in [0.4, 0.5) is 22.7 Å². The fourth-order valence-corrected chi connectivity index (χ4v) is 10.7. The molecular weight excluding hydrogens is 1000 g/mol. The Hall–Kier alpha value is -6.56. The van der Waals surface area contributed by atoms with Gasteiger partial charge < -0.3 is 11.5 Å². The molecule has 4 aromatic rings. The summed E-state index contributed by atoms with van der Waals surface area (Å²) in [5.41, 5.74) is 9.20. The van der Waals surface area contributed by atoms with Gasteiger partial charge in [-0.25, -0.2) is 0 Å². The van der Waals surface area contributed by atoms with Crippen molar-refractivity contribution in [2.24, 2.45) is 10.2 Å². The molecule has 66 heavy (non-hydrogen) atoms. The number of ketones is 2. The van der Waals surface area contributed by atoms with Crippen LogP contribution in [0.3, 0.4) is 0 Å². The van der Waals surface area contributed by atoms with Gasteiger partial charge >= 0.3 is 0 Å². The number of carbonyl (C=O) groups excluding carboxylic acids is 2. The van der Waals surface area contributed by atoms with Gasteiger partial charge in [-0.2, -0.15) is 60.7 Å². The molecule has 0 atom stereocenters. The minimum Gasteiger partial charge on any atom is -0.397 e. The Balaban J connectivity index is 1.36. The molecule has 0 unspecified atom stereocenters. The van der Waals surface area contributed by atoms with Crippen LogP contribution >= 0.6 is 0 Å². The summed E-state index contributed by atoms with van der Waals surface area (Å²) < 4.78 is 206. The van der Waals surface area contributed by atoms with Gasteiger partial charge in [-0.05, 0) is 71.8 Å². The van der Waals surface area contributed by atoms with Crippen LogP contribution in [0.25, 0.3) is 12.2 Å². The van der Waals surface area contributed by atoms with E-state index >= 15 is 0 Å². The first-order chi connectivity index (χ1) is 30.2. The van der Waals surface area contributed by atoms with Gasteiger partial charge in [0.1, 0.15) is 29.4 Å². The van der Waals surface area contributed by atoms with Crippen molar-refractivity contribution in [3.05, 3.63) is 106 Å². The molecule has 0 bridgehead atoms. The minimum atomic E-state index is -5.36. The molecule has 4 aromatic carbocycles. The van der Waals surface area contributed by atoms with Crippen LogP contribution in [0.5, 0.6) is 0 Å². The molecule has 12 N–H and O–H groups in total. The summed E-state index contributed by atoms with van der Waals surface area (Å²) in [6.45, 7) is 0. The molecule has 0 fully saturated rings. The highest BCUT2D eigenvalue weighted by Gasteiger charge is 2.35. The van der Waals surface area contributed by atoms with Crippen LogP contribution in [0, 0.1) is 0 Å². The number of anilines is 4. The molecule has 348 valence electrons. The van der Waals surface area contributed by atoms with Crippen molar-refractivity contribution >= 4 is 119 Å². The van der Waals surface area contributed by atoms with Crippen molar-refractivity contribution in [1.82, 2.24) is 0 Å². The van der Waals surface area contributed by atoms with Crippen molar-refractivity contribution in [3.63, 3.8) is 0 Å². The van der Waals surface area contributed by atoms with Crippen LogP contribution in [0.1, 0.15) is 43.0 Å². The maximum atomic E-state index is 12.7. The number of allylic oxidation sites excluding steroid dienone is 4. The second-order valence-electron chi connectivity index (χ2n) is 13.4. The Labute approximate surface area is 372 Å². The summed E-state index contributed by atoms with van der Waals surface area (Å²) in [6, 6.07) is 6.46. The molecule has 26 nitrogen and oxygen atoms in total. The molecular formula is C34H26N6O20S6. The Kier molecular flexibility index (Phi) is 12.4. The normalized spacial score (nSPS) is 15.9. The molecule has 0 spiro atoms. The van der Waals surface area contributed by atoms with Gasteiger partial charge in [-0.15, -0.1) is 0 Å². The van der Waals surface area contributed by atoms with Crippen LogP contribution in [-0.2, 0) is 60.7 Å². The maximum absolute atomic E-state index is 12.7. The predicted octanol–water partition coefficient (Wildman–Crippen LogP) is 1.64. The van der Waals surface area contributed by atoms with Crippen LogP contribution in [-0.4, -0.2) is 101 Å². The van der Waals surface area contributed by atoms with E-state index in [1.54, 1.807) is 0 Å². The highest BCUT2D eigenvalue weighted by atomic mass is 32.2. The summed E-state index contributed by atoms with van der Waals surface area (Å²) in [5, 5.41) is 7.81. The molecule has 0 saturated carbocycles. The zero-order valence-corrected chi connectivity index (χ0v) is 36.9. The first-order valence-electron chi connectivity index (χ1n) is 17.1. The number of hydrogen-bond acceptors (Lipinski definition) is 20. The van der Waals surface area contributed by atoms with Gasteiger partial charge in [-0.1, -0.05) is 24.3 Å². The molecule has 32 heteroatoms. The van der Waals surface area contributed by atoms with E-state index in [9.17, 15) is 87.4 Å². The van der Waals surface area contributed by atoms with Crippen molar-refractivity contribution in [1.29, 1.82) is 0 Å². The van der Waals surface area contributed by atoms with E-state index in [1.807, 2.05) is 0 Å². The monoisotopic (exact) mass is 1030 g/mol. The lowest BCUT2D eigenvalue weighted by atomic mass is 9.92. The molecule has 0 heterocycles. The summed E-state index contributed by atoms with van der Waals surface area (Å²) in [4.78, 5) is 18.8. The van der Waals surface area contributed by atoms with Crippen LogP contribution in [0.2, 0.25) is 0 Å². The molecule has 0 radical (unpaired) electrons. The predicted molar refractivity (Wildman–Crippen MR) is 230 cm³/mol. The maximum Gasteiger partial charge on any atom is 0.296 e. The number of hydrazone groups is 2. The van der Waals surface area contributed by atoms with E-state index in [4.69, 9.17) is 11.5 Å². The number of benzene rings is 4. The van der Waals surface area contributed by atoms with Crippen LogP contribution < -0.4 is 22.3 Å². The fraction of sp³-hybridized carbons (Fsp3) is 0. The van der Waals surface area contributed by atoms with Gasteiger partial charge in [0, 0.05) is 11.1 Å². The third-order valence-corrected chi connectivity index (χ3v) is 14.5. The number of nitrogen functional groups attached to an aromatic ring is 2. The summed E-state index contributed by atoms with van der Waals surface area (Å²) in [7, 11) is -31.5. The topological polar surface area (TPSA) is 461 Å². The van der Waals surface area contributed by atoms with E-state index in [0.717, 1.165) is 72.9 Å². The van der Waals surface area contributed by atoms with Gasteiger partial charge in [0.05, 0.1) is 45.3 Å². The number of nitrogens with two attached hydrogens (primary N) is 2. The number of nitrogens with zero attached hydrogens (tertiary/aromatic N) is 2. The molecule has 0 saturated heterocycles. The number of nitrogens with one attached hydrogen (secondary N) is 2. The third kappa shape index (κ3) is 9.83. The van der Waals surface area contributed by atoms with E-state index < -0.39 is 147 Å². The SMILES string of the molecule is Nc1c(S(=O)(=O)O)cc(S(=O)(=O)O)c2c1C(=O)C=C/C2=N\Nc1ccc(/C=C/c2ccc(N/N=C3\C=CC(=O)c4c(N)c(S(=O)(=O)O)cc(S(=O)(=O)O)c43)cc2S(=O)(=O)O)c(S(=O)(=O)O)c1. The van der Waals surface area contributed by atoms with Crippen molar-refractivity contribution in [3.8, 4) is 0 Å². The second kappa shape index (κ2) is 16.7. The van der Waals surface area contributed by atoms with Crippen molar-refractivity contribution in [2.75, 3.05) is 22.3 Å². The second-order valence-corrected chi connectivity index (χ2v) is 21.7. The van der Waals surface area contributed by atoms with Crippen molar-refractivity contribution in [2.45, 2.75) is 29.4 Å². The molecule has 2 aliphatic rings. The standard InChI is InChI=1S/C34H26N6O20S6/c35-33-27(65(55,56)57)13-25(63(49,50)51)29-19(7-9-21(41)31(29)33)39-37-17-5-3-15(23(11-17)61(43,44)45)1-2-16-4-6-18(12-24(16)62(46,47)48)38-40-20-8-10-22(42)32-30(20)26(64(52,53)54)14-28(34(32)36)66(58,59)60/h1-14,37-38H,35-36H2,(H,43,44,45)(H,46,47,48)(H,49,50,51)(H,52,53,54)(H,55,56,57)(H,58,59,60)/b2-1+,39-19+,40-20+. The number of carbonyl (C=O) groups is 2. The molecule has 0 aromatic heterocycles. The quantitative estimate of drug-likeness (QED) is 0.0417. The summed E-state index contributed by atoms with van der Waals surface area (Å²) >= 11 is 0. The zero-order chi connectivity index (χ0) is 49.3. The van der Waals surface area contributed by atoms with E-state index in [-0.39, 0.29) is 34.6 Å². The number of rotatable bonds is 12. The largest absolute Gasteiger partial charge is 0.397 e. The number of hydrogen-bond donors (Lipinski definition) is 10. The highest BCUT2D eigenvalue weighted by molar-refractivity contribution is 7.87. The minimum absolute atomic E-state index is 0.268. The van der Waals surface area contributed by atoms with Crippen LogP contribution in [0.15, 0.2) is 112 Å². The lowest BCUT2D eigenvalue weighted by Gasteiger charge is -2.19. The third-order valence-electron chi connectivity index (χ3n) is 9.12. The Morgan fingerprint density at radius 1 is 0.409 bits per heavy atom. The van der Waals surface area contributed by atoms with Gasteiger partial charge in [-0.3, -0.25) is 47.8 Å². The Morgan fingerprint density at radius 3 is 1.00 bits per heavy atom. The van der Waals surface area contributed by atoms with E-state index in [0.29, 0.717) is 0 Å². The summed E-state index contributed by atoms with van der Waals surface area (Å²) in [6.07, 6.45) is 5.31. The van der Waals surface area contributed by atoms with Gasteiger partial charge in [0.2, 0.25) is 0 Å². The molecule has 2 aliphatic carbocycles. The molecule has 0 aliphatic heterocycles. The first kappa shape index (κ1) is 48.9.